The Balaban J connectivity index is 1.45. The maximum absolute atomic E-state index is 12.4. The van der Waals surface area contributed by atoms with Crippen LogP contribution in [0.3, 0.4) is 0 Å². The van der Waals surface area contributed by atoms with Gasteiger partial charge >= 0.3 is 6.03 Å². The summed E-state index contributed by atoms with van der Waals surface area (Å²) in [4.78, 5) is 28.1. The molecule has 0 aromatic carbocycles. The molecule has 2 heterocycles. The highest BCUT2D eigenvalue weighted by molar-refractivity contribution is 5.80. The van der Waals surface area contributed by atoms with E-state index in [1.54, 1.807) is 0 Å². The predicted molar refractivity (Wildman–Crippen MR) is 73.2 cm³/mol. The van der Waals surface area contributed by atoms with Crippen LogP contribution in [-0.2, 0) is 9.53 Å². The van der Waals surface area contributed by atoms with Crippen LogP contribution >= 0.6 is 0 Å². The first-order valence-corrected chi connectivity index (χ1v) is 7.66. The van der Waals surface area contributed by atoms with Crippen molar-refractivity contribution in [3.05, 3.63) is 0 Å². The molecule has 0 radical (unpaired) electrons. The number of urea groups is 1. The molecular formula is C14H23N3O3. The summed E-state index contributed by atoms with van der Waals surface area (Å²) < 4.78 is 5.27. The first-order chi connectivity index (χ1) is 9.74. The Morgan fingerprint density at radius 3 is 2.15 bits per heavy atom. The van der Waals surface area contributed by atoms with Crippen LogP contribution in [0.2, 0.25) is 0 Å². The molecule has 6 heteroatoms. The van der Waals surface area contributed by atoms with Crippen LogP contribution in [0, 0.1) is 5.92 Å². The van der Waals surface area contributed by atoms with Gasteiger partial charge in [-0.25, -0.2) is 4.79 Å². The Kier molecular flexibility index (Phi) is 4.10. The molecule has 2 aliphatic heterocycles. The average Bonchev–Trinajstić information content (AvgIpc) is 3.31. The van der Waals surface area contributed by atoms with Gasteiger partial charge in [-0.1, -0.05) is 0 Å². The van der Waals surface area contributed by atoms with E-state index in [0.29, 0.717) is 45.4 Å². The van der Waals surface area contributed by atoms with Gasteiger partial charge in [0.2, 0.25) is 5.91 Å². The maximum atomic E-state index is 12.4. The van der Waals surface area contributed by atoms with Gasteiger partial charge in [-0.3, -0.25) is 4.79 Å². The number of nitrogens with zero attached hydrogens (tertiary/aromatic N) is 2. The summed E-state index contributed by atoms with van der Waals surface area (Å²) in [5, 5.41) is 3.01. The van der Waals surface area contributed by atoms with Gasteiger partial charge in [0.25, 0.3) is 0 Å². The fraction of sp³-hybridized carbons (Fsp3) is 0.857. The van der Waals surface area contributed by atoms with Crippen LogP contribution < -0.4 is 5.32 Å². The molecule has 20 heavy (non-hydrogen) atoms. The van der Waals surface area contributed by atoms with Gasteiger partial charge in [0.05, 0.1) is 13.2 Å². The molecule has 1 N–H and O–H groups in total. The van der Waals surface area contributed by atoms with Crippen LogP contribution in [0.1, 0.15) is 25.7 Å². The summed E-state index contributed by atoms with van der Waals surface area (Å²) >= 11 is 0. The van der Waals surface area contributed by atoms with Gasteiger partial charge in [0.15, 0.2) is 0 Å². The lowest BCUT2D eigenvalue weighted by Gasteiger charge is -2.35. The lowest BCUT2D eigenvalue weighted by Crippen LogP contribution is -2.49. The van der Waals surface area contributed by atoms with Gasteiger partial charge in [-0.2, -0.15) is 0 Å². The number of amides is 3. The van der Waals surface area contributed by atoms with Crippen LogP contribution in [0.5, 0.6) is 0 Å². The number of likely N-dealkylation sites (tertiary alicyclic amines) is 1. The molecule has 1 aliphatic carbocycles. The van der Waals surface area contributed by atoms with Gasteiger partial charge in [0.1, 0.15) is 0 Å². The zero-order valence-corrected chi connectivity index (χ0v) is 11.8. The molecule has 3 aliphatic rings. The van der Waals surface area contributed by atoms with E-state index < -0.39 is 0 Å². The Labute approximate surface area is 119 Å². The van der Waals surface area contributed by atoms with Crippen LogP contribution in [0.15, 0.2) is 0 Å². The third kappa shape index (κ3) is 3.23. The predicted octanol–water partition coefficient (Wildman–Crippen LogP) is 0.429. The second-order valence-corrected chi connectivity index (χ2v) is 5.92. The molecule has 3 amide bonds. The minimum absolute atomic E-state index is 0.0461. The van der Waals surface area contributed by atoms with E-state index in [1.807, 2.05) is 9.80 Å². The molecule has 2 saturated heterocycles. The molecule has 3 rings (SSSR count). The standard InChI is InChI=1S/C14H23N3O3/c18-13(16-7-9-20-10-8-16)11-3-5-17(6-4-11)14(19)15-12-1-2-12/h11-12H,1-10H2,(H,15,19). The van der Waals surface area contributed by atoms with Crippen molar-refractivity contribution in [3.63, 3.8) is 0 Å². The fourth-order valence-electron chi connectivity index (χ4n) is 2.87. The average molecular weight is 281 g/mol. The number of morpholine rings is 1. The van der Waals surface area contributed by atoms with E-state index in [-0.39, 0.29) is 17.9 Å². The number of ether oxygens (including phenoxy) is 1. The van der Waals surface area contributed by atoms with Gasteiger partial charge in [-0.15, -0.1) is 0 Å². The lowest BCUT2D eigenvalue weighted by atomic mass is 9.95. The van der Waals surface area contributed by atoms with E-state index in [0.717, 1.165) is 25.7 Å². The van der Waals surface area contributed by atoms with Crippen molar-refractivity contribution in [2.45, 2.75) is 31.7 Å². The lowest BCUT2D eigenvalue weighted by molar-refractivity contribution is -0.141. The Morgan fingerprint density at radius 2 is 1.55 bits per heavy atom. The molecule has 0 unspecified atom stereocenters. The van der Waals surface area contributed by atoms with Crippen molar-refractivity contribution < 1.29 is 14.3 Å². The number of rotatable bonds is 2. The van der Waals surface area contributed by atoms with E-state index in [4.69, 9.17) is 4.74 Å². The quantitative estimate of drug-likeness (QED) is 0.798. The topological polar surface area (TPSA) is 61.9 Å². The number of hydrogen-bond acceptors (Lipinski definition) is 3. The molecule has 112 valence electrons. The molecule has 1 saturated carbocycles. The number of carbonyl (C=O) groups is 2. The molecule has 0 aromatic rings. The Morgan fingerprint density at radius 1 is 0.900 bits per heavy atom. The molecule has 3 fully saturated rings. The molecular weight excluding hydrogens is 258 g/mol. The highest BCUT2D eigenvalue weighted by Crippen LogP contribution is 2.22. The van der Waals surface area contributed by atoms with E-state index in [2.05, 4.69) is 5.32 Å². The summed E-state index contributed by atoms with van der Waals surface area (Å²) in [6.07, 6.45) is 3.79. The Bertz CT molecular complexity index is 370. The summed E-state index contributed by atoms with van der Waals surface area (Å²) in [7, 11) is 0. The zero-order chi connectivity index (χ0) is 13.9. The van der Waals surface area contributed by atoms with Crippen molar-refractivity contribution in [1.82, 2.24) is 15.1 Å². The van der Waals surface area contributed by atoms with Gasteiger partial charge in [0, 0.05) is 38.1 Å². The van der Waals surface area contributed by atoms with E-state index in [1.165, 1.54) is 0 Å². The van der Waals surface area contributed by atoms with E-state index >= 15 is 0 Å². The third-order valence-corrected chi connectivity index (χ3v) is 4.36. The molecule has 0 spiro atoms. The minimum atomic E-state index is 0.0461. The van der Waals surface area contributed by atoms with Gasteiger partial charge < -0.3 is 19.9 Å². The second-order valence-electron chi connectivity index (χ2n) is 5.92. The molecule has 0 atom stereocenters. The highest BCUT2D eigenvalue weighted by atomic mass is 16.5. The number of piperidine rings is 1. The van der Waals surface area contributed by atoms with Crippen molar-refractivity contribution in [1.29, 1.82) is 0 Å². The smallest absolute Gasteiger partial charge is 0.317 e. The van der Waals surface area contributed by atoms with Crippen LogP contribution in [-0.4, -0.2) is 67.2 Å². The van der Waals surface area contributed by atoms with Crippen molar-refractivity contribution in [2.75, 3.05) is 39.4 Å². The van der Waals surface area contributed by atoms with E-state index in [9.17, 15) is 9.59 Å². The monoisotopic (exact) mass is 281 g/mol. The zero-order valence-electron chi connectivity index (χ0n) is 11.8. The van der Waals surface area contributed by atoms with Crippen molar-refractivity contribution in [3.8, 4) is 0 Å². The Hall–Kier alpha value is -1.30. The first-order valence-electron chi connectivity index (χ1n) is 7.66. The summed E-state index contributed by atoms with van der Waals surface area (Å²) in [5.41, 5.74) is 0. The summed E-state index contributed by atoms with van der Waals surface area (Å²) in [5.74, 6) is 0.327. The molecule has 0 bridgehead atoms. The molecule has 6 nitrogen and oxygen atoms in total. The fourth-order valence-corrected chi connectivity index (χ4v) is 2.87. The van der Waals surface area contributed by atoms with Crippen LogP contribution in [0.25, 0.3) is 0 Å². The maximum Gasteiger partial charge on any atom is 0.317 e. The minimum Gasteiger partial charge on any atom is -0.378 e. The normalized spacial score (nSPS) is 24.6. The second kappa shape index (κ2) is 5.99. The number of hydrogen-bond donors (Lipinski definition) is 1. The summed E-state index contributed by atoms with van der Waals surface area (Å²) in [6, 6.07) is 0.444. The van der Waals surface area contributed by atoms with Crippen molar-refractivity contribution >= 4 is 11.9 Å². The number of carbonyl (C=O) groups excluding carboxylic acids is 2. The van der Waals surface area contributed by atoms with Gasteiger partial charge in [-0.05, 0) is 25.7 Å². The number of nitrogens with one attached hydrogen (secondary N) is 1. The molecule has 0 aromatic heterocycles. The SMILES string of the molecule is O=C(NC1CC1)N1CCC(C(=O)N2CCOCC2)CC1. The first kappa shape index (κ1) is 13.7. The van der Waals surface area contributed by atoms with Crippen molar-refractivity contribution in [2.24, 2.45) is 5.92 Å². The van der Waals surface area contributed by atoms with Crippen LogP contribution in [0.4, 0.5) is 4.79 Å². The highest BCUT2D eigenvalue weighted by Gasteiger charge is 2.32. The largest absolute Gasteiger partial charge is 0.378 e. The third-order valence-electron chi connectivity index (χ3n) is 4.36. The summed E-state index contributed by atoms with van der Waals surface area (Å²) in [6.45, 7) is 4.10.